The minimum Gasteiger partial charge on any atom is -0.378 e. The summed E-state index contributed by atoms with van der Waals surface area (Å²) >= 11 is 0. The zero-order chi connectivity index (χ0) is 21.3. The van der Waals surface area contributed by atoms with Gasteiger partial charge in [-0.05, 0) is 46.6 Å². The zero-order valence-corrected chi connectivity index (χ0v) is 19.6. The van der Waals surface area contributed by atoms with E-state index in [0.29, 0.717) is 32.2 Å². The fraction of sp³-hybridized carbons (Fsp3) is 0.950. The number of piperidine rings is 1. The van der Waals surface area contributed by atoms with Crippen LogP contribution in [0.2, 0.25) is 0 Å². The Hall–Kier alpha value is -0.900. The van der Waals surface area contributed by atoms with E-state index in [9.17, 15) is 8.42 Å². The smallest absolute Gasteiger partial charge is 0.216 e. The van der Waals surface area contributed by atoms with Gasteiger partial charge < -0.3 is 19.9 Å². The second-order valence-electron chi connectivity index (χ2n) is 8.33. The molecule has 0 aromatic heterocycles. The van der Waals surface area contributed by atoms with Crippen molar-refractivity contribution in [2.24, 2.45) is 4.99 Å². The highest BCUT2D eigenvalue weighted by atomic mass is 32.2. The van der Waals surface area contributed by atoms with Gasteiger partial charge in [0.05, 0.1) is 18.5 Å². The van der Waals surface area contributed by atoms with Crippen molar-refractivity contribution in [3.05, 3.63) is 0 Å². The van der Waals surface area contributed by atoms with Gasteiger partial charge in [-0.25, -0.2) is 8.42 Å². The molecule has 2 fully saturated rings. The van der Waals surface area contributed by atoms with Crippen LogP contribution >= 0.6 is 0 Å². The number of rotatable bonds is 9. The van der Waals surface area contributed by atoms with E-state index in [4.69, 9.17) is 4.74 Å². The molecule has 1 atom stereocenters. The number of hydrogen-bond donors (Lipinski definition) is 1. The number of likely N-dealkylation sites (tertiary alicyclic amines) is 1. The normalized spacial score (nSPS) is 23.0. The first kappa shape index (κ1) is 24.4. The van der Waals surface area contributed by atoms with Crippen molar-refractivity contribution in [1.82, 2.24) is 19.4 Å². The monoisotopic (exact) mass is 431 g/mol. The van der Waals surface area contributed by atoms with Crippen molar-refractivity contribution >= 4 is 16.0 Å². The summed E-state index contributed by atoms with van der Waals surface area (Å²) in [6.45, 7) is 11.9. The molecule has 8 nitrogen and oxygen atoms in total. The fourth-order valence-electron chi connectivity index (χ4n) is 4.00. The Morgan fingerprint density at radius 3 is 2.52 bits per heavy atom. The summed E-state index contributed by atoms with van der Waals surface area (Å²) in [5.41, 5.74) is 0. The largest absolute Gasteiger partial charge is 0.378 e. The summed E-state index contributed by atoms with van der Waals surface area (Å²) in [6, 6.07) is 0.698. The van der Waals surface area contributed by atoms with E-state index >= 15 is 0 Å². The first-order valence-corrected chi connectivity index (χ1v) is 12.7. The summed E-state index contributed by atoms with van der Waals surface area (Å²) in [4.78, 5) is 9.13. The lowest BCUT2D eigenvalue weighted by atomic mass is 10.0. The van der Waals surface area contributed by atoms with Crippen LogP contribution in [0.25, 0.3) is 0 Å². The quantitative estimate of drug-likeness (QED) is 0.336. The molecule has 170 valence electrons. The van der Waals surface area contributed by atoms with Crippen molar-refractivity contribution in [2.45, 2.75) is 58.6 Å². The van der Waals surface area contributed by atoms with Crippen LogP contribution in [0.5, 0.6) is 0 Å². The van der Waals surface area contributed by atoms with E-state index in [-0.39, 0.29) is 18.5 Å². The molecule has 1 unspecified atom stereocenters. The molecular weight excluding hydrogens is 390 g/mol. The SMILES string of the molecule is CN=C(NCCCN1CCCCC1C)N1CCN(S(=O)(=O)CCOC(C)C)CC1. The maximum Gasteiger partial charge on any atom is 0.216 e. The summed E-state index contributed by atoms with van der Waals surface area (Å²) in [7, 11) is -1.46. The molecule has 0 amide bonds. The van der Waals surface area contributed by atoms with Gasteiger partial charge in [-0.15, -0.1) is 0 Å². The van der Waals surface area contributed by atoms with Crippen LogP contribution in [0.1, 0.15) is 46.5 Å². The minimum atomic E-state index is -3.26. The van der Waals surface area contributed by atoms with Crippen LogP contribution in [0.3, 0.4) is 0 Å². The van der Waals surface area contributed by atoms with Gasteiger partial charge in [0, 0.05) is 52.4 Å². The number of guanidine groups is 1. The molecule has 1 N–H and O–H groups in total. The molecule has 0 radical (unpaired) electrons. The van der Waals surface area contributed by atoms with E-state index in [2.05, 4.69) is 27.0 Å². The first-order chi connectivity index (χ1) is 13.8. The molecule has 2 heterocycles. The van der Waals surface area contributed by atoms with Gasteiger partial charge in [0.15, 0.2) is 5.96 Å². The van der Waals surface area contributed by atoms with Crippen molar-refractivity contribution < 1.29 is 13.2 Å². The Labute approximate surface area is 177 Å². The third-order valence-electron chi connectivity index (χ3n) is 5.78. The number of ether oxygens (including phenoxy) is 1. The molecule has 2 rings (SSSR count). The molecule has 2 aliphatic rings. The topological polar surface area (TPSA) is 77.5 Å². The molecule has 0 aliphatic carbocycles. The molecule has 0 bridgehead atoms. The van der Waals surface area contributed by atoms with Crippen molar-refractivity contribution in [1.29, 1.82) is 0 Å². The molecular formula is C20H41N5O3S. The van der Waals surface area contributed by atoms with Crippen LogP contribution in [0.4, 0.5) is 0 Å². The van der Waals surface area contributed by atoms with Crippen molar-refractivity contribution in [2.75, 3.05) is 65.2 Å². The highest BCUT2D eigenvalue weighted by molar-refractivity contribution is 7.89. The summed E-state index contributed by atoms with van der Waals surface area (Å²) < 4.78 is 31.9. The molecule has 0 spiro atoms. The Kier molecular flexibility index (Phi) is 10.1. The van der Waals surface area contributed by atoms with Crippen LogP contribution in [0, 0.1) is 0 Å². The Morgan fingerprint density at radius 2 is 1.90 bits per heavy atom. The van der Waals surface area contributed by atoms with Gasteiger partial charge in [0.1, 0.15) is 0 Å². The van der Waals surface area contributed by atoms with E-state index in [1.54, 1.807) is 11.4 Å². The lowest BCUT2D eigenvalue weighted by molar-refractivity contribution is 0.0904. The van der Waals surface area contributed by atoms with Gasteiger partial charge in [-0.1, -0.05) is 6.42 Å². The third kappa shape index (κ3) is 8.03. The summed E-state index contributed by atoms with van der Waals surface area (Å²) in [6.07, 6.45) is 5.12. The van der Waals surface area contributed by atoms with Crippen LogP contribution < -0.4 is 5.32 Å². The third-order valence-corrected chi connectivity index (χ3v) is 7.62. The Morgan fingerprint density at radius 1 is 1.17 bits per heavy atom. The molecule has 0 aromatic rings. The van der Waals surface area contributed by atoms with Crippen molar-refractivity contribution in [3.8, 4) is 0 Å². The van der Waals surface area contributed by atoms with Gasteiger partial charge in [0.25, 0.3) is 0 Å². The number of piperazine rings is 1. The molecule has 0 aromatic carbocycles. The summed E-state index contributed by atoms with van der Waals surface area (Å²) in [5, 5.41) is 3.46. The number of nitrogens with zero attached hydrogens (tertiary/aromatic N) is 4. The first-order valence-electron chi connectivity index (χ1n) is 11.1. The van der Waals surface area contributed by atoms with E-state index < -0.39 is 10.0 Å². The van der Waals surface area contributed by atoms with Crippen molar-refractivity contribution in [3.63, 3.8) is 0 Å². The maximum absolute atomic E-state index is 12.5. The standard InChI is InChI=1S/C20H41N5O3S/c1-18(2)28-16-17-29(26,27)25-14-12-24(13-15-25)20(21-4)22-9-7-11-23-10-6-5-8-19(23)3/h18-19H,5-17H2,1-4H3,(H,21,22). The lowest BCUT2D eigenvalue weighted by Gasteiger charge is -2.36. The van der Waals surface area contributed by atoms with Gasteiger partial charge in [-0.3, -0.25) is 4.99 Å². The number of hydrogen-bond acceptors (Lipinski definition) is 5. The number of nitrogens with one attached hydrogen (secondary N) is 1. The highest BCUT2D eigenvalue weighted by Gasteiger charge is 2.28. The van der Waals surface area contributed by atoms with Gasteiger partial charge in [0.2, 0.25) is 10.0 Å². The Balaban J connectivity index is 1.69. The predicted molar refractivity (Wildman–Crippen MR) is 119 cm³/mol. The molecule has 0 saturated carbocycles. The molecule has 29 heavy (non-hydrogen) atoms. The average molecular weight is 432 g/mol. The number of aliphatic imine (C=N–C) groups is 1. The van der Waals surface area contributed by atoms with E-state index in [1.807, 2.05) is 13.8 Å². The van der Waals surface area contributed by atoms with Crippen LogP contribution in [0.15, 0.2) is 4.99 Å². The van der Waals surface area contributed by atoms with Gasteiger partial charge in [-0.2, -0.15) is 4.31 Å². The zero-order valence-electron chi connectivity index (χ0n) is 18.8. The predicted octanol–water partition coefficient (Wildman–Crippen LogP) is 1.20. The minimum absolute atomic E-state index is 0.0487. The number of sulfonamides is 1. The molecule has 9 heteroatoms. The molecule has 2 saturated heterocycles. The van der Waals surface area contributed by atoms with E-state index in [1.165, 1.54) is 25.8 Å². The second-order valence-corrected chi connectivity index (χ2v) is 10.4. The van der Waals surface area contributed by atoms with Crippen LogP contribution in [-0.4, -0.2) is 106 Å². The fourth-order valence-corrected chi connectivity index (χ4v) is 5.29. The maximum atomic E-state index is 12.5. The molecule has 2 aliphatic heterocycles. The highest BCUT2D eigenvalue weighted by Crippen LogP contribution is 2.16. The average Bonchev–Trinajstić information content (AvgIpc) is 2.69. The second kappa shape index (κ2) is 12.1. The lowest BCUT2D eigenvalue weighted by Crippen LogP contribution is -2.54. The Bertz CT molecular complexity index is 603. The van der Waals surface area contributed by atoms with Crippen LogP contribution in [-0.2, 0) is 14.8 Å². The van der Waals surface area contributed by atoms with E-state index in [0.717, 1.165) is 25.5 Å². The van der Waals surface area contributed by atoms with Gasteiger partial charge >= 0.3 is 0 Å². The summed E-state index contributed by atoms with van der Waals surface area (Å²) in [5.74, 6) is 0.921.